The highest BCUT2D eigenvalue weighted by Gasteiger charge is 2.61. The number of nitrogens with one attached hydrogen (secondary N) is 2. The number of unbranched alkanes of at least 4 members (excludes halogenated alkanes) is 2. The summed E-state index contributed by atoms with van der Waals surface area (Å²) in [5.74, 6) is -10.9. The van der Waals surface area contributed by atoms with Crippen LogP contribution in [0.1, 0.15) is 120 Å². The average Bonchev–Trinajstić information content (AvgIpc) is 0.771. The highest BCUT2D eigenvalue weighted by Crippen LogP contribution is 2.40. The maximum Gasteiger partial charge on any atom is 0.338 e. The number of rotatable bonds is 26. The minimum Gasteiger partial charge on any atom is -0.463 e. The van der Waals surface area contributed by atoms with Gasteiger partial charge in [0.25, 0.3) is 9.70 Å². The quantitative estimate of drug-likeness (QED) is 0.0519. The number of esters is 9. The van der Waals surface area contributed by atoms with E-state index in [1.54, 1.807) is 18.2 Å². The lowest BCUT2D eigenvalue weighted by atomic mass is 9.93. The van der Waals surface area contributed by atoms with Gasteiger partial charge in [-0.1, -0.05) is 72.8 Å². The first-order valence-electron chi connectivity index (χ1n) is 29.6. The van der Waals surface area contributed by atoms with Crippen LogP contribution in [0.5, 0.6) is 0 Å². The minimum atomic E-state index is -2.79. The molecule has 0 radical (unpaired) electrons. The summed E-state index contributed by atoms with van der Waals surface area (Å²) in [6.07, 6.45) is -31.7. The van der Waals surface area contributed by atoms with Gasteiger partial charge in [-0.25, -0.2) is 4.79 Å². The van der Waals surface area contributed by atoms with Gasteiger partial charge in [0.05, 0.1) is 17.1 Å². The van der Waals surface area contributed by atoms with E-state index in [4.69, 9.17) is 115 Å². The van der Waals surface area contributed by atoms with E-state index in [1.807, 2.05) is 6.92 Å². The Morgan fingerprint density at radius 2 is 0.957 bits per heavy atom. The van der Waals surface area contributed by atoms with Crippen molar-refractivity contribution < 1.29 is 138 Å². The van der Waals surface area contributed by atoms with Crippen molar-refractivity contribution in [3.05, 3.63) is 35.9 Å². The summed E-state index contributed by atoms with van der Waals surface area (Å²) in [5, 5.41) is 17.2. The van der Waals surface area contributed by atoms with Crippen LogP contribution in [-0.4, -0.2) is 224 Å². The van der Waals surface area contributed by atoms with Crippen LogP contribution in [0.2, 0.25) is 0 Å². The summed E-state index contributed by atoms with van der Waals surface area (Å²) in [4.78, 5) is 145. The summed E-state index contributed by atoms with van der Waals surface area (Å²) < 4.78 is 101. The van der Waals surface area contributed by atoms with Crippen LogP contribution in [-0.2, 0) is 128 Å². The van der Waals surface area contributed by atoms with Crippen LogP contribution < -0.4 is 10.6 Å². The lowest BCUT2D eigenvalue weighted by Gasteiger charge is -2.52. The molecular weight excluding hydrogens is 1310 g/mol. The molecule has 1 aromatic carbocycles. The van der Waals surface area contributed by atoms with E-state index in [0.717, 1.165) is 61.8 Å². The molecule has 34 heteroatoms. The first-order valence-corrected chi connectivity index (χ1v) is 30.7. The number of hydrogen-bond acceptors (Lipinski definition) is 29. The summed E-state index contributed by atoms with van der Waals surface area (Å²) in [7, 11) is 0. The monoisotopic (exact) mass is 1390 g/mol. The van der Waals surface area contributed by atoms with E-state index in [-0.39, 0.29) is 12.2 Å². The van der Waals surface area contributed by atoms with Crippen LogP contribution in [0.4, 0.5) is 0 Å². The van der Waals surface area contributed by atoms with Crippen molar-refractivity contribution in [1.82, 2.24) is 10.6 Å². The number of hydrogen-bond donors (Lipinski definition) is 3. The van der Waals surface area contributed by atoms with Crippen LogP contribution in [0, 0.1) is 5.41 Å². The molecule has 0 aromatic heterocycles. The van der Waals surface area contributed by atoms with E-state index < -0.39 is 217 Å². The Hall–Kier alpha value is -6.10. The first kappa shape index (κ1) is 77.6. The number of alkyl halides is 3. The molecule has 1 aromatic rings. The normalized spacial score (nSPS) is 31.2. The molecule has 0 unspecified atom stereocenters. The lowest BCUT2D eigenvalue weighted by molar-refractivity contribution is -0.383. The molecule has 20 atom stereocenters. The van der Waals surface area contributed by atoms with Crippen molar-refractivity contribution in [1.29, 1.82) is 0 Å². The molecule has 0 saturated carbocycles. The van der Waals surface area contributed by atoms with Gasteiger partial charge in [-0.2, -0.15) is 0 Å². The molecule has 4 heterocycles. The summed E-state index contributed by atoms with van der Waals surface area (Å²) >= 11 is 18.0. The fourth-order valence-electron chi connectivity index (χ4n) is 10.2. The predicted octanol–water partition coefficient (Wildman–Crippen LogP) is 2.59. The largest absolute Gasteiger partial charge is 0.463 e. The fourth-order valence-corrected chi connectivity index (χ4v) is 10.4. The van der Waals surface area contributed by atoms with Gasteiger partial charge in [0.1, 0.15) is 74.6 Å². The average molecular weight is 1390 g/mol. The molecule has 3 N–H and O–H groups in total. The second kappa shape index (κ2) is 35.1. The molecule has 2 amide bonds. The van der Waals surface area contributed by atoms with E-state index in [9.17, 15) is 57.8 Å². The Morgan fingerprint density at radius 1 is 0.495 bits per heavy atom. The van der Waals surface area contributed by atoms with Gasteiger partial charge in [-0.15, -0.1) is 0 Å². The van der Waals surface area contributed by atoms with Gasteiger partial charge in [0, 0.05) is 62.0 Å². The molecule has 0 spiro atoms. The predicted molar refractivity (Wildman–Crippen MR) is 313 cm³/mol. The number of amides is 2. The second-order valence-corrected chi connectivity index (χ2v) is 25.3. The Labute approximate surface area is 550 Å². The molecular formula is C59H81Cl3N2O29. The van der Waals surface area contributed by atoms with Gasteiger partial charge in [0.2, 0.25) is 5.91 Å². The van der Waals surface area contributed by atoms with Gasteiger partial charge in [-0.05, 0) is 46.2 Å². The third-order valence-electron chi connectivity index (χ3n) is 14.1. The Balaban J connectivity index is 1.85. The Kier molecular flexibility index (Phi) is 29.3. The molecule has 4 aliphatic rings. The Morgan fingerprint density at radius 3 is 1.51 bits per heavy atom. The van der Waals surface area contributed by atoms with Crippen molar-refractivity contribution in [3.63, 3.8) is 0 Å². The number of ether oxygens (including phenoxy) is 17. The van der Waals surface area contributed by atoms with Gasteiger partial charge < -0.3 is 96.3 Å². The summed E-state index contributed by atoms with van der Waals surface area (Å²) in [6.45, 7) is 13.4. The molecule has 4 saturated heterocycles. The topological polar surface area (TPSA) is 389 Å². The van der Waals surface area contributed by atoms with E-state index in [1.165, 1.54) is 39.8 Å². The zero-order valence-electron chi connectivity index (χ0n) is 53.4. The molecule has 93 heavy (non-hydrogen) atoms. The standard InChI is InChI=1S/C59H81Cl3N2O29/c1-14-15-19-22-77-52-40(63-27(3)65)46(92-54-49(86-33(9)71)47(85-32(8)70)42(26(2)81-54)82-29(5)67)44(37(88-52)24-79-51(74)35-20-17-16-18-21-35)91-55-50(87-34(10)72)48(45(84-31(7)69)38(90-55)25-80-57(76)58(11,12)13)93-53-39(64-56(75)59(60,61)62)41(73)43(83-30(6)68)36(89-53)23-78-28(4)66/h16-18,20-21,26,36-50,52-55,73H,14-15,19,22-25H2,1-13H3,(H,63,65)(H,64,75)/t26-,36+,37+,38+,39+,40+,41+,42+,43+,44+,45-,46+,47+,48-,49-,50+,52+,53-,54-,55-/m0/s1. The second-order valence-electron chi connectivity index (χ2n) is 23.0. The minimum absolute atomic E-state index is 0.0365. The lowest BCUT2D eigenvalue weighted by Crippen LogP contribution is -2.71. The van der Waals surface area contributed by atoms with Crippen LogP contribution in [0.15, 0.2) is 30.3 Å². The van der Waals surface area contributed by atoms with Gasteiger partial charge in [0.15, 0.2) is 61.8 Å². The molecule has 4 aliphatic heterocycles. The van der Waals surface area contributed by atoms with Gasteiger partial charge in [-0.3, -0.25) is 47.9 Å². The number of aliphatic hydroxyl groups is 1. The van der Waals surface area contributed by atoms with Crippen molar-refractivity contribution >= 4 is 100 Å². The van der Waals surface area contributed by atoms with Crippen molar-refractivity contribution in [2.24, 2.45) is 5.41 Å². The fraction of sp³-hybridized carbons (Fsp3) is 0.712. The SMILES string of the molecule is CCCCCO[C@@H]1O[C@H](COC(=O)c2ccccc2)[C@@H](O[C@@H]2O[C@H](COC(=O)C(C)(C)C)[C@H](OC(C)=O)[C@H](O[C@@H]3O[C@H](COC(C)=O)[C@@H](OC(C)=O)[C@H](O)[C@H]3NC(=O)C(Cl)(Cl)Cl)[C@H]2OC(C)=O)[C@H](O[C@@H]2O[C@@H](C)[C@@H](OC(C)=O)[C@@H](OC(C)=O)[C@@H]2OC(C)=O)[C@H]1NC(C)=O. The third-order valence-corrected chi connectivity index (χ3v) is 14.6. The van der Waals surface area contributed by atoms with E-state index >= 15 is 0 Å². The summed E-state index contributed by atoms with van der Waals surface area (Å²) in [5.41, 5.74) is -1.16. The van der Waals surface area contributed by atoms with Crippen molar-refractivity contribution in [2.75, 3.05) is 26.4 Å². The molecule has 522 valence electrons. The zero-order valence-corrected chi connectivity index (χ0v) is 55.7. The Bertz CT molecular complexity index is 2770. The highest BCUT2D eigenvalue weighted by atomic mass is 35.6. The smallest absolute Gasteiger partial charge is 0.338 e. The number of halogens is 3. The maximum absolute atomic E-state index is 14.0. The number of carbonyl (C=O) groups excluding carboxylic acids is 11. The third kappa shape index (κ3) is 22.8. The number of aliphatic hydroxyl groups excluding tert-OH is 1. The molecule has 0 aliphatic carbocycles. The van der Waals surface area contributed by atoms with Gasteiger partial charge >= 0.3 is 53.7 Å². The molecule has 31 nitrogen and oxygen atoms in total. The molecule has 5 rings (SSSR count). The van der Waals surface area contributed by atoms with E-state index in [0.29, 0.717) is 12.8 Å². The molecule has 4 fully saturated rings. The zero-order chi connectivity index (χ0) is 69.4. The number of benzene rings is 1. The van der Waals surface area contributed by atoms with E-state index in [2.05, 4.69) is 10.6 Å². The summed E-state index contributed by atoms with van der Waals surface area (Å²) in [6, 6.07) is 4.01. The first-order chi connectivity index (χ1) is 43.5. The van der Waals surface area contributed by atoms with Crippen molar-refractivity contribution in [3.8, 4) is 0 Å². The van der Waals surface area contributed by atoms with Crippen LogP contribution in [0.25, 0.3) is 0 Å². The molecule has 0 bridgehead atoms. The maximum atomic E-state index is 14.0. The van der Waals surface area contributed by atoms with Crippen molar-refractivity contribution in [2.45, 2.75) is 236 Å². The number of carbonyl (C=O) groups is 11. The van der Waals surface area contributed by atoms with Crippen LogP contribution >= 0.6 is 34.8 Å². The highest BCUT2D eigenvalue weighted by molar-refractivity contribution is 6.76. The van der Waals surface area contributed by atoms with Crippen LogP contribution in [0.3, 0.4) is 0 Å².